The molecule has 0 spiro atoms. The summed E-state index contributed by atoms with van der Waals surface area (Å²) in [6, 6.07) is 6.72. The fourth-order valence-corrected chi connectivity index (χ4v) is 2.62. The lowest BCUT2D eigenvalue weighted by Crippen LogP contribution is -2.39. The van der Waals surface area contributed by atoms with Crippen LogP contribution in [0.5, 0.6) is 5.75 Å². The average Bonchev–Trinajstić information content (AvgIpc) is 2.83. The summed E-state index contributed by atoms with van der Waals surface area (Å²) in [4.78, 5) is 24.2. The number of nitrogens with zero attached hydrogens (tertiary/aromatic N) is 1. The van der Waals surface area contributed by atoms with Crippen molar-refractivity contribution >= 4 is 11.8 Å². The van der Waals surface area contributed by atoms with Gasteiger partial charge in [-0.05, 0) is 24.1 Å². The Morgan fingerprint density at radius 2 is 2.17 bits per heavy atom. The third-order valence-electron chi connectivity index (χ3n) is 3.72. The van der Waals surface area contributed by atoms with E-state index in [2.05, 4.69) is 5.32 Å². The third kappa shape index (κ3) is 5.43. The lowest BCUT2D eigenvalue weighted by molar-refractivity contribution is -0.157. The first-order valence-electron chi connectivity index (χ1n) is 7.53. The molecule has 1 aliphatic heterocycles. The predicted octanol–water partition coefficient (Wildman–Crippen LogP) is 1.91. The summed E-state index contributed by atoms with van der Waals surface area (Å²) in [7, 11) is 1.55. The molecule has 0 radical (unpaired) electrons. The van der Waals surface area contributed by atoms with E-state index in [1.54, 1.807) is 13.2 Å². The highest BCUT2D eigenvalue weighted by Gasteiger charge is 2.38. The number of nitrogens with one attached hydrogen (secondary N) is 1. The van der Waals surface area contributed by atoms with Gasteiger partial charge in [-0.15, -0.1) is 0 Å². The molecule has 0 saturated carbocycles. The number of carbonyl (C=O) groups excluding carboxylic acids is 2. The number of alkyl halides is 3. The second kappa shape index (κ2) is 7.55. The lowest BCUT2D eigenvalue weighted by atomic mass is 10.1. The highest BCUT2D eigenvalue weighted by atomic mass is 19.4. The standard InChI is InChI=1S/C16H19F3N2O3/c1-24-13-4-2-3-11(7-13)5-6-14(22)20-12-8-15(23)21(9-12)10-16(17,18)19/h2-4,7,12H,5-6,8-10H2,1H3,(H,20,22). The van der Waals surface area contributed by atoms with E-state index in [0.29, 0.717) is 12.2 Å². The van der Waals surface area contributed by atoms with Crippen molar-refractivity contribution < 1.29 is 27.5 Å². The van der Waals surface area contributed by atoms with Crippen molar-refractivity contribution in [1.29, 1.82) is 0 Å². The SMILES string of the molecule is COc1cccc(CCC(=O)NC2CC(=O)N(CC(F)(F)F)C2)c1. The number of carbonyl (C=O) groups is 2. The molecule has 1 aliphatic rings. The Kier molecular flexibility index (Phi) is 5.69. The zero-order valence-corrected chi connectivity index (χ0v) is 13.2. The highest BCUT2D eigenvalue weighted by Crippen LogP contribution is 2.21. The van der Waals surface area contributed by atoms with Crippen molar-refractivity contribution in [2.75, 3.05) is 20.2 Å². The maximum atomic E-state index is 12.3. The Labute approximate surface area is 137 Å². The summed E-state index contributed by atoms with van der Waals surface area (Å²) in [6.07, 6.45) is -3.85. The number of halogens is 3. The summed E-state index contributed by atoms with van der Waals surface area (Å²) in [6.45, 7) is -1.38. The number of rotatable bonds is 6. The topological polar surface area (TPSA) is 58.6 Å². The summed E-state index contributed by atoms with van der Waals surface area (Å²) in [5, 5.41) is 2.62. The van der Waals surface area contributed by atoms with E-state index in [-0.39, 0.29) is 25.3 Å². The molecule has 8 heteroatoms. The van der Waals surface area contributed by atoms with E-state index in [4.69, 9.17) is 4.74 Å². The molecule has 5 nitrogen and oxygen atoms in total. The molecule has 1 heterocycles. The van der Waals surface area contributed by atoms with Gasteiger partial charge >= 0.3 is 6.18 Å². The van der Waals surface area contributed by atoms with E-state index in [1.165, 1.54) is 0 Å². The smallest absolute Gasteiger partial charge is 0.406 e. The number of ether oxygens (including phenoxy) is 1. The maximum Gasteiger partial charge on any atom is 0.406 e. The van der Waals surface area contributed by atoms with Gasteiger partial charge in [0.15, 0.2) is 0 Å². The van der Waals surface area contributed by atoms with Gasteiger partial charge in [0.2, 0.25) is 11.8 Å². The van der Waals surface area contributed by atoms with Crippen LogP contribution in [-0.4, -0.2) is 49.1 Å². The number of amides is 2. The first kappa shape index (κ1) is 18.1. The van der Waals surface area contributed by atoms with Gasteiger partial charge in [-0.2, -0.15) is 13.2 Å². The van der Waals surface area contributed by atoms with Crippen LogP contribution in [0.1, 0.15) is 18.4 Å². The van der Waals surface area contributed by atoms with Crippen LogP contribution in [0.3, 0.4) is 0 Å². The molecule has 2 rings (SSSR count). The van der Waals surface area contributed by atoms with E-state index < -0.39 is 24.7 Å². The first-order valence-corrected chi connectivity index (χ1v) is 7.53. The third-order valence-corrected chi connectivity index (χ3v) is 3.72. The molecule has 1 unspecified atom stereocenters. The van der Waals surface area contributed by atoms with Crippen molar-refractivity contribution in [3.8, 4) is 5.75 Å². The van der Waals surface area contributed by atoms with Crippen molar-refractivity contribution in [2.45, 2.75) is 31.5 Å². The van der Waals surface area contributed by atoms with Crippen molar-refractivity contribution in [1.82, 2.24) is 10.2 Å². The maximum absolute atomic E-state index is 12.3. The van der Waals surface area contributed by atoms with Gasteiger partial charge in [-0.1, -0.05) is 12.1 Å². The van der Waals surface area contributed by atoms with Crippen LogP contribution in [0, 0.1) is 0 Å². The molecule has 1 fully saturated rings. The van der Waals surface area contributed by atoms with Crippen LogP contribution in [0.25, 0.3) is 0 Å². The molecule has 1 aromatic carbocycles. The van der Waals surface area contributed by atoms with Crippen molar-refractivity contribution in [3.63, 3.8) is 0 Å². The van der Waals surface area contributed by atoms with Gasteiger partial charge in [-0.3, -0.25) is 9.59 Å². The minimum atomic E-state index is -4.43. The lowest BCUT2D eigenvalue weighted by Gasteiger charge is -2.18. The molecule has 0 aromatic heterocycles. The molecule has 132 valence electrons. The largest absolute Gasteiger partial charge is 0.497 e. The van der Waals surface area contributed by atoms with Crippen LogP contribution < -0.4 is 10.1 Å². The molecule has 1 aromatic rings. The van der Waals surface area contributed by atoms with Crippen molar-refractivity contribution in [2.24, 2.45) is 0 Å². The average molecular weight is 344 g/mol. The fraction of sp³-hybridized carbons (Fsp3) is 0.500. The fourth-order valence-electron chi connectivity index (χ4n) is 2.62. The molecule has 1 saturated heterocycles. The second-order valence-corrected chi connectivity index (χ2v) is 5.71. The zero-order valence-electron chi connectivity index (χ0n) is 13.2. The highest BCUT2D eigenvalue weighted by molar-refractivity contribution is 5.82. The Morgan fingerprint density at radius 1 is 1.42 bits per heavy atom. The Morgan fingerprint density at radius 3 is 2.83 bits per heavy atom. The molecular formula is C16H19F3N2O3. The van der Waals surface area contributed by atoms with Crippen LogP contribution in [0.4, 0.5) is 13.2 Å². The van der Waals surface area contributed by atoms with E-state index in [0.717, 1.165) is 10.5 Å². The van der Waals surface area contributed by atoms with Gasteiger partial charge in [0, 0.05) is 19.4 Å². The van der Waals surface area contributed by atoms with E-state index in [1.807, 2.05) is 18.2 Å². The minimum absolute atomic E-state index is 0.0963. The minimum Gasteiger partial charge on any atom is -0.497 e. The Hall–Kier alpha value is -2.25. The second-order valence-electron chi connectivity index (χ2n) is 5.71. The van der Waals surface area contributed by atoms with E-state index >= 15 is 0 Å². The van der Waals surface area contributed by atoms with Crippen LogP contribution in [0.15, 0.2) is 24.3 Å². The number of likely N-dealkylation sites (tertiary alicyclic amines) is 1. The van der Waals surface area contributed by atoms with Gasteiger partial charge < -0.3 is 15.0 Å². The number of methoxy groups -OCH3 is 1. The molecular weight excluding hydrogens is 325 g/mol. The summed E-state index contributed by atoms with van der Waals surface area (Å²) >= 11 is 0. The number of benzene rings is 1. The van der Waals surface area contributed by atoms with Gasteiger partial charge in [-0.25, -0.2) is 0 Å². The van der Waals surface area contributed by atoms with Gasteiger partial charge in [0.25, 0.3) is 0 Å². The van der Waals surface area contributed by atoms with Gasteiger partial charge in [0.1, 0.15) is 12.3 Å². The molecule has 0 bridgehead atoms. The number of hydrogen-bond donors (Lipinski definition) is 1. The monoisotopic (exact) mass is 344 g/mol. The number of aryl methyl sites for hydroxylation is 1. The molecule has 2 amide bonds. The number of hydrogen-bond acceptors (Lipinski definition) is 3. The Bertz CT molecular complexity index is 604. The first-order chi connectivity index (χ1) is 11.3. The van der Waals surface area contributed by atoms with Crippen LogP contribution >= 0.6 is 0 Å². The predicted molar refractivity (Wildman–Crippen MR) is 80.5 cm³/mol. The van der Waals surface area contributed by atoms with Crippen LogP contribution in [0.2, 0.25) is 0 Å². The van der Waals surface area contributed by atoms with Gasteiger partial charge in [0.05, 0.1) is 13.2 Å². The zero-order chi connectivity index (χ0) is 17.7. The van der Waals surface area contributed by atoms with Crippen molar-refractivity contribution in [3.05, 3.63) is 29.8 Å². The summed E-state index contributed by atoms with van der Waals surface area (Å²) in [5.74, 6) is -0.188. The van der Waals surface area contributed by atoms with E-state index in [9.17, 15) is 22.8 Å². The molecule has 0 aliphatic carbocycles. The summed E-state index contributed by atoms with van der Waals surface area (Å²) < 4.78 is 42.1. The molecule has 24 heavy (non-hydrogen) atoms. The molecule has 1 N–H and O–H groups in total. The Balaban J connectivity index is 1.79. The summed E-state index contributed by atoms with van der Waals surface area (Å²) in [5.41, 5.74) is 0.922. The quantitative estimate of drug-likeness (QED) is 0.858. The van der Waals surface area contributed by atoms with Crippen LogP contribution in [-0.2, 0) is 16.0 Å². The normalized spacial score (nSPS) is 17.9. The molecule has 1 atom stereocenters.